The van der Waals surface area contributed by atoms with Crippen molar-refractivity contribution in [1.29, 1.82) is 0 Å². The van der Waals surface area contributed by atoms with Gasteiger partial charge in [-0.25, -0.2) is 0 Å². The highest BCUT2D eigenvalue weighted by Gasteiger charge is 2.33. The van der Waals surface area contributed by atoms with Gasteiger partial charge in [-0.2, -0.15) is 0 Å². The third-order valence-electron chi connectivity index (χ3n) is 5.18. The van der Waals surface area contributed by atoms with Gasteiger partial charge in [-0.05, 0) is 37.1 Å². The fraction of sp³-hybridized carbons (Fsp3) is 0.611. The van der Waals surface area contributed by atoms with Gasteiger partial charge in [0.05, 0.1) is 6.04 Å². The number of likely N-dealkylation sites (N-methyl/N-ethyl adjacent to an activating group) is 1. The number of rotatable bonds is 4. The molecule has 2 atom stereocenters. The highest BCUT2D eigenvalue weighted by Crippen LogP contribution is 2.21. The summed E-state index contributed by atoms with van der Waals surface area (Å²) in [5.74, 6) is 0.282. The molecule has 6 heteroatoms. The van der Waals surface area contributed by atoms with Gasteiger partial charge in [-0.3, -0.25) is 9.69 Å². The fourth-order valence-electron chi connectivity index (χ4n) is 3.83. The van der Waals surface area contributed by atoms with Crippen LogP contribution in [-0.2, 0) is 17.8 Å². The molecule has 0 bridgehead atoms. The second-order valence-electron chi connectivity index (χ2n) is 6.35. The molecule has 2 aliphatic rings. The van der Waals surface area contributed by atoms with Crippen molar-refractivity contribution in [2.24, 2.45) is 0 Å². The number of hydrogen-bond acceptors (Lipinski definition) is 3. The van der Waals surface area contributed by atoms with Crippen LogP contribution in [0, 0.1) is 0 Å². The first-order chi connectivity index (χ1) is 10.7. The van der Waals surface area contributed by atoms with Gasteiger partial charge in [0.25, 0.3) is 0 Å². The summed E-state index contributed by atoms with van der Waals surface area (Å²) in [6.07, 6.45) is 1.93. The molecule has 1 saturated heterocycles. The summed E-state index contributed by atoms with van der Waals surface area (Å²) in [4.78, 5) is 17.3. The molecular weight excluding hydrogens is 345 g/mol. The number of hydrogen-bond donors (Lipinski definition) is 1. The average Bonchev–Trinajstić information content (AvgIpc) is 3.04. The summed E-state index contributed by atoms with van der Waals surface area (Å²) in [5.41, 5.74) is 2.65. The van der Waals surface area contributed by atoms with Gasteiger partial charge in [0.15, 0.2) is 0 Å². The lowest BCUT2D eigenvalue weighted by Gasteiger charge is -2.30. The van der Waals surface area contributed by atoms with Gasteiger partial charge in [0.1, 0.15) is 0 Å². The van der Waals surface area contributed by atoms with E-state index in [4.69, 9.17) is 0 Å². The van der Waals surface area contributed by atoms with Crippen LogP contribution in [0.4, 0.5) is 0 Å². The summed E-state index contributed by atoms with van der Waals surface area (Å²) in [7, 11) is 0. The van der Waals surface area contributed by atoms with Crippen molar-refractivity contribution in [1.82, 2.24) is 15.1 Å². The Balaban J connectivity index is 0.00000144. The lowest BCUT2D eigenvalue weighted by Crippen LogP contribution is -2.49. The van der Waals surface area contributed by atoms with Gasteiger partial charge in [-0.1, -0.05) is 38.1 Å². The third kappa shape index (κ3) is 4.42. The molecule has 1 aromatic carbocycles. The maximum absolute atomic E-state index is 12.8. The monoisotopic (exact) mass is 373 g/mol. The van der Waals surface area contributed by atoms with Crippen LogP contribution < -0.4 is 5.32 Å². The van der Waals surface area contributed by atoms with E-state index in [1.54, 1.807) is 0 Å². The van der Waals surface area contributed by atoms with E-state index in [1.165, 1.54) is 11.1 Å². The molecule has 1 amide bonds. The Morgan fingerprint density at radius 3 is 2.54 bits per heavy atom. The molecule has 2 unspecified atom stereocenters. The van der Waals surface area contributed by atoms with E-state index in [2.05, 4.69) is 53.2 Å². The zero-order valence-electron chi connectivity index (χ0n) is 14.5. The average molecular weight is 374 g/mol. The van der Waals surface area contributed by atoms with Crippen molar-refractivity contribution in [2.75, 3.05) is 26.2 Å². The Bertz CT molecular complexity index is 537. The number of amides is 1. The molecular formula is C18H29Cl2N3O. The Kier molecular flexibility index (Phi) is 8.51. The maximum Gasteiger partial charge on any atom is 0.240 e. The molecule has 4 nitrogen and oxygen atoms in total. The number of carbonyl (C=O) groups is 1. The van der Waals surface area contributed by atoms with E-state index in [9.17, 15) is 4.79 Å². The molecule has 3 rings (SSSR count). The lowest BCUT2D eigenvalue weighted by atomic mass is 9.95. The summed E-state index contributed by atoms with van der Waals surface area (Å²) in [5, 5.41) is 3.42. The third-order valence-corrected chi connectivity index (χ3v) is 5.18. The van der Waals surface area contributed by atoms with Crippen LogP contribution in [-0.4, -0.2) is 54.0 Å². The SMILES string of the molecule is CCN(CC)C1CCN(C(=O)C2Cc3ccccc3CN2)C1.Cl.Cl. The second-order valence-corrected chi connectivity index (χ2v) is 6.35. The molecule has 2 heterocycles. The summed E-state index contributed by atoms with van der Waals surface area (Å²) in [6, 6.07) is 8.92. The number of likely N-dealkylation sites (tertiary alicyclic amines) is 1. The summed E-state index contributed by atoms with van der Waals surface area (Å²) >= 11 is 0. The number of nitrogens with one attached hydrogen (secondary N) is 1. The Labute approximate surface area is 157 Å². The Morgan fingerprint density at radius 1 is 1.21 bits per heavy atom. The zero-order chi connectivity index (χ0) is 15.5. The van der Waals surface area contributed by atoms with Crippen LogP contribution in [0.2, 0.25) is 0 Å². The molecule has 0 aliphatic carbocycles. The van der Waals surface area contributed by atoms with Gasteiger partial charge >= 0.3 is 0 Å². The van der Waals surface area contributed by atoms with Crippen molar-refractivity contribution in [2.45, 2.75) is 45.3 Å². The van der Waals surface area contributed by atoms with Crippen molar-refractivity contribution < 1.29 is 4.79 Å². The minimum atomic E-state index is -0.0506. The van der Waals surface area contributed by atoms with Crippen molar-refractivity contribution in [3.63, 3.8) is 0 Å². The molecule has 0 aromatic heterocycles. The number of carbonyl (C=O) groups excluding carboxylic acids is 1. The summed E-state index contributed by atoms with van der Waals surface area (Å²) < 4.78 is 0. The van der Waals surface area contributed by atoms with E-state index in [0.29, 0.717) is 6.04 Å². The van der Waals surface area contributed by atoms with Gasteiger partial charge < -0.3 is 10.2 Å². The number of halogens is 2. The van der Waals surface area contributed by atoms with Crippen LogP contribution >= 0.6 is 24.8 Å². The molecule has 1 N–H and O–H groups in total. The molecule has 0 radical (unpaired) electrons. The van der Waals surface area contributed by atoms with Crippen molar-refractivity contribution in [3.05, 3.63) is 35.4 Å². The van der Waals surface area contributed by atoms with Crippen LogP contribution in [0.25, 0.3) is 0 Å². The first kappa shape index (κ1) is 21.2. The number of benzene rings is 1. The van der Waals surface area contributed by atoms with Crippen molar-refractivity contribution in [3.8, 4) is 0 Å². The Morgan fingerprint density at radius 2 is 1.88 bits per heavy atom. The second kappa shape index (κ2) is 9.62. The van der Waals surface area contributed by atoms with E-state index in [0.717, 1.165) is 45.6 Å². The maximum atomic E-state index is 12.8. The molecule has 2 aliphatic heterocycles. The first-order valence-corrected chi connectivity index (χ1v) is 8.56. The quantitative estimate of drug-likeness (QED) is 0.880. The van der Waals surface area contributed by atoms with Crippen LogP contribution in [0.5, 0.6) is 0 Å². The molecule has 0 spiro atoms. The largest absolute Gasteiger partial charge is 0.340 e. The van der Waals surface area contributed by atoms with Gasteiger partial charge in [-0.15, -0.1) is 24.8 Å². The van der Waals surface area contributed by atoms with E-state index in [-0.39, 0.29) is 36.8 Å². The molecule has 24 heavy (non-hydrogen) atoms. The lowest BCUT2D eigenvalue weighted by molar-refractivity contribution is -0.132. The highest BCUT2D eigenvalue weighted by molar-refractivity contribution is 5.85. The smallest absolute Gasteiger partial charge is 0.240 e. The molecule has 1 fully saturated rings. The van der Waals surface area contributed by atoms with Crippen LogP contribution in [0.3, 0.4) is 0 Å². The molecule has 136 valence electrons. The predicted molar refractivity (Wildman–Crippen MR) is 103 cm³/mol. The van der Waals surface area contributed by atoms with Crippen molar-refractivity contribution >= 4 is 30.7 Å². The zero-order valence-corrected chi connectivity index (χ0v) is 16.2. The number of nitrogens with zero attached hydrogens (tertiary/aromatic N) is 2. The Hall–Kier alpha value is -0.810. The minimum Gasteiger partial charge on any atom is -0.340 e. The van der Waals surface area contributed by atoms with Gasteiger partial charge in [0, 0.05) is 25.7 Å². The number of fused-ring (bicyclic) bond motifs is 1. The fourth-order valence-corrected chi connectivity index (χ4v) is 3.83. The predicted octanol–water partition coefficient (Wildman–Crippen LogP) is 2.49. The normalized spacial score (nSPS) is 22.5. The first-order valence-electron chi connectivity index (χ1n) is 8.56. The van der Waals surface area contributed by atoms with E-state index >= 15 is 0 Å². The van der Waals surface area contributed by atoms with Crippen LogP contribution in [0.1, 0.15) is 31.4 Å². The minimum absolute atomic E-state index is 0. The molecule has 0 saturated carbocycles. The highest BCUT2D eigenvalue weighted by atomic mass is 35.5. The molecule has 1 aromatic rings. The van der Waals surface area contributed by atoms with E-state index in [1.807, 2.05) is 0 Å². The standard InChI is InChI=1S/C18H27N3O.2ClH/c1-3-20(4-2)16-9-10-21(13-16)18(22)17-11-14-7-5-6-8-15(14)12-19-17;;/h5-8,16-17,19H,3-4,9-13H2,1-2H3;2*1H. The summed E-state index contributed by atoms with van der Waals surface area (Å²) in [6.45, 7) is 9.14. The van der Waals surface area contributed by atoms with Gasteiger partial charge in [0.2, 0.25) is 5.91 Å². The van der Waals surface area contributed by atoms with E-state index < -0.39 is 0 Å². The van der Waals surface area contributed by atoms with Crippen LogP contribution in [0.15, 0.2) is 24.3 Å². The topological polar surface area (TPSA) is 35.6 Å².